The van der Waals surface area contributed by atoms with Gasteiger partial charge in [-0.3, -0.25) is 4.98 Å². The van der Waals surface area contributed by atoms with Gasteiger partial charge in [-0.05, 0) is 25.0 Å². The van der Waals surface area contributed by atoms with E-state index >= 15 is 0 Å². The van der Waals surface area contributed by atoms with E-state index in [1.807, 2.05) is 24.4 Å². The minimum atomic E-state index is 0.409. The quantitative estimate of drug-likeness (QED) is 0.888. The van der Waals surface area contributed by atoms with Crippen molar-refractivity contribution < 1.29 is 0 Å². The molecular formula is C15H22N4S. The lowest BCUT2D eigenvalue weighted by molar-refractivity contribution is 0.779. The van der Waals surface area contributed by atoms with Gasteiger partial charge in [-0.25, -0.2) is 4.98 Å². The average molecular weight is 290 g/mol. The third-order valence-electron chi connectivity index (χ3n) is 3.18. The molecule has 0 aliphatic carbocycles. The molecule has 4 nitrogen and oxygen atoms in total. The SMILES string of the molecule is CCN(Cc1ccccn1)c1nc(C(C)C)c(CN)s1. The molecule has 0 bridgehead atoms. The number of rotatable bonds is 6. The fourth-order valence-electron chi connectivity index (χ4n) is 2.09. The maximum atomic E-state index is 5.84. The predicted molar refractivity (Wildman–Crippen MR) is 85.1 cm³/mol. The van der Waals surface area contributed by atoms with Crippen LogP contribution in [0.5, 0.6) is 0 Å². The van der Waals surface area contributed by atoms with Crippen LogP contribution in [0.1, 0.15) is 43.0 Å². The van der Waals surface area contributed by atoms with Gasteiger partial charge in [-0.2, -0.15) is 0 Å². The van der Waals surface area contributed by atoms with E-state index in [4.69, 9.17) is 10.7 Å². The Kier molecular flexibility index (Phi) is 5.09. The van der Waals surface area contributed by atoms with Crippen molar-refractivity contribution in [3.63, 3.8) is 0 Å². The second kappa shape index (κ2) is 6.81. The molecule has 0 aliphatic rings. The molecule has 0 unspecified atom stereocenters. The molecule has 0 amide bonds. The van der Waals surface area contributed by atoms with Gasteiger partial charge in [0.1, 0.15) is 0 Å². The highest BCUT2D eigenvalue weighted by Gasteiger charge is 2.17. The molecule has 108 valence electrons. The first kappa shape index (κ1) is 14.9. The zero-order chi connectivity index (χ0) is 14.5. The number of hydrogen-bond acceptors (Lipinski definition) is 5. The van der Waals surface area contributed by atoms with Gasteiger partial charge in [0.2, 0.25) is 0 Å². The van der Waals surface area contributed by atoms with Gasteiger partial charge in [-0.15, -0.1) is 11.3 Å². The van der Waals surface area contributed by atoms with E-state index in [0.29, 0.717) is 12.5 Å². The Hall–Kier alpha value is -1.46. The molecule has 0 radical (unpaired) electrons. The molecule has 0 aliphatic heterocycles. The third kappa shape index (κ3) is 3.35. The molecule has 0 spiro atoms. The van der Waals surface area contributed by atoms with Crippen molar-refractivity contribution in [2.75, 3.05) is 11.4 Å². The fourth-order valence-corrected chi connectivity index (χ4v) is 3.24. The lowest BCUT2D eigenvalue weighted by atomic mass is 10.1. The summed E-state index contributed by atoms with van der Waals surface area (Å²) >= 11 is 1.70. The minimum absolute atomic E-state index is 0.409. The molecular weight excluding hydrogens is 268 g/mol. The number of anilines is 1. The Morgan fingerprint density at radius 3 is 2.65 bits per heavy atom. The summed E-state index contributed by atoms with van der Waals surface area (Å²) in [5, 5.41) is 1.04. The van der Waals surface area contributed by atoms with Gasteiger partial charge in [0.15, 0.2) is 5.13 Å². The van der Waals surface area contributed by atoms with E-state index in [9.17, 15) is 0 Å². The number of aromatic nitrogens is 2. The lowest BCUT2D eigenvalue weighted by Gasteiger charge is -2.19. The second-order valence-corrected chi connectivity index (χ2v) is 6.06. The van der Waals surface area contributed by atoms with Crippen molar-refractivity contribution in [3.05, 3.63) is 40.7 Å². The Morgan fingerprint density at radius 2 is 2.15 bits per heavy atom. The van der Waals surface area contributed by atoms with Crippen molar-refractivity contribution in [1.29, 1.82) is 0 Å². The summed E-state index contributed by atoms with van der Waals surface area (Å²) in [5.74, 6) is 0.409. The molecule has 5 heteroatoms. The van der Waals surface area contributed by atoms with Crippen molar-refractivity contribution in [2.45, 2.75) is 39.8 Å². The van der Waals surface area contributed by atoms with Crippen molar-refractivity contribution in [1.82, 2.24) is 9.97 Å². The van der Waals surface area contributed by atoms with E-state index in [0.717, 1.165) is 29.6 Å². The molecule has 2 aromatic heterocycles. The second-order valence-electron chi connectivity index (χ2n) is 5.00. The topological polar surface area (TPSA) is 55.0 Å². The van der Waals surface area contributed by atoms with Crippen molar-refractivity contribution in [2.24, 2.45) is 5.73 Å². The Labute approximate surface area is 124 Å². The number of nitrogens with zero attached hydrogens (tertiary/aromatic N) is 3. The van der Waals surface area contributed by atoms with Gasteiger partial charge in [0.25, 0.3) is 0 Å². The maximum Gasteiger partial charge on any atom is 0.186 e. The Morgan fingerprint density at radius 1 is 1.35 bits per heavy atom. The van der Waals surface area contributed by atoms with E-state index in [2.05, 4.69) is 30.7 Å². The summed E-state index contributed by atoms with van der Waals surface area (Å²) < 4.78 is 0. The highest BCUT2D eigenvalue weighted by atomic mass is 32.1. The zero-order valence-corrected chi connectivity index (χ0v) is 13.2. The van der Waals surface area contributed by atoms with E-state index < -0.39 is 0 Å². The molecule has 2 N–H and O–H groups in total. The Bertz CT molecular complexity index is 536. The molecule has 0 saturated heterocycles. The Balaban J connectivity index is 2.23. The van der Waals surface area contributed by atoms with Crippen LogP contribution < -0.4 is 10.6 Å². The first-order valence-electron chi connectivity index (χ1n) is 7.00. The molecule has 0 saturated carbocycles. The predicted octanol–water partition coefficient (Wildman–Crippen LogP) is 3.15. The van der Waals surface area contributed by atoms with Crippen LogP contribution >= 0.6 is 11.3 Å². The van der Waals surface area contributed by atoms with E-state index in [1.165, 1.54) is 4.88 Å². The van der Waals surface area contributed by atoms with Crippen LogP contribution in [0, 0.1) is 0 Å². The van der Waals surface area contributed by atoms with Gasteiger partial charge in [0.05, 0.1) is 17.9 Å². The molecule has 20 heavy (non-hydrogen) atoms. The molecule has 0 fully saturated rings. The van der Waals surface area contributed by atoms with Crippen LogP contribution in [0.15, 0.2) is 24.4 Å². The molecule has 2 rings (SSSR count). The summed E-state index contributed by atoms with van der Waals surface area (Å²) in [7, 11) is 0. The van der Waals surface area contributed by atoms with Gasteiger partial charge in [0, 0.05) is 24.2 Å². The summed E-state index contributed by atoms with van der Waals surface area (Å²) in [4.78, 5) is 12.6. The largest absolute Gasteiger partial charge is 0.342 e. The number of pyridine rings is 1. The van der Waals surface area contributed by atoms with Crippen LogP contribution in [-0.2, 0) is 13.1 Å². The molecule has 2 aromatic rings. The highest BCUT2D eigenvalue weighted by molar-refractivity contribution is 7.15. The van der Waals surface area contributed by atoms with Crippen LogP contribution in [-0.4, -0.2) is 16.5 Å². The number of nitrogens with two attached hydrogens (primary N) is 1. The zero-order valence-electron chi connectivity index (χ0n) is 12.3. The normalized spacial score (nSPS) is 11.1. The van der Waals surface area contributed by atoms with E-state index in [-0.39, 0.29) is 0 Å². The average Bonchev–Trinajstić information content (AvgIpc) is 2.90. The molecule has 2 heterocycles. The molecule has 0 atom stereocenters. The van der Waals surface area contributed by atoms with Gasteiger partial charge >= 0.3 is 0 Å². The fraction of sp³-hybridized carbons (Fsp3) is 0.467. The van der Waals surface area contributed by atoms with Crippen LogP contribution in [0.2, 0.25) is 0 Å². The molecule has 0 aromatic carbocycles. The highest BCUT2D eigenvalue weighted by Crippen LogP contribution is 2.31. The van der Waals surface area contributed by atoms with Gasteiger partial charge in [-0.1, -0.05) is 19.9 Å². The summed E-state index contributed by atoms with van der Waals surface area (Å²) in [5.41, 5.74) is 8.03. The monoisotopic (exact) mass is 290 g/mol. The summed E-state index contributed by atoms with van der Waals surface area (Å²) in [6, 6.07) is 6.00. The smallest absolute Gasteiger partial charge is 0.186 e. The van der Waals surface area contributed by atoms with Crippen molar-refractivity contribution in [3.8, 4) is 0 Å². The van der Waals surface area contributed by atoms with Crippen LogP contribution in [0.25, 0.3) is 0 Å². The number of hydrogen-bond donors (Lipinski definition) is 1. The lowest BCUT2D eigenvalue weighted by Crippen LogP contribution is -2.22. The summed E-state index contributed by atoms with van der Waals surface area (Å²) in [6.45, 7) is 8.71. The van der Waals surface area contributed by atoms with Crippen LogP contribution in [0.4, 0.5) is 5.13 Å². The number of thiazole rings is 1. The van der Waals surface area contributed by atoms with Crippen LogP contribution in [0.3, 0.4) is 0 Å². The van der Waals surface area contributed by atoms with Gasteiger partial charge < -0.3 is 10.6 Å². The van der Waals surface area contributed by atoms with E-state index in [1.54, 1.807) is 11.3 Å². The standard InChI is InChI=1S/C15H22N4S/c1-4-19(10-12-7-5-6-8-17-12)15-18-14(11(2)3)13(9-16)20-15/h5-8,11H,4,9-10,16H2,1-3H3. The first-order valence-corrected chi connectivity index (χ1v) is 7.81. The summed E-state index contributed by atoms with van der Waals surface area (Å²) in [6.07, 6.45) is 1.83. The van der Waals surface area contributed by atoms with Crippen molar-refractivity contribution >= 4 is 16.5 Å². The third-order valence-corrected chi connectivity index (χ3v) is 4.33. The minimum Gasteiger partial charge on any atom is -0.342 e. The first-order chi connectivity index (χ1) is 9.65. The maximum absolute atomic E-state index is 5.84.